The lowest BCUT2D eigenvalue weighted by Crippen LogP contribution is -2.50. The number of carbonyl (C=O) groups excluding carboxylic acids is 1. The Morgan fingerprint density at radius 2 is 1.83 bits per heavy atom. The van der Waals surface area contributed by atoms with Gasteiger partial charge in [0.2, 0.25) is 15.9 Å². The maximum atomic E-state index is 12.8. The Morgan fingerprint density at radius 3 is 2.55 bits per heavy atom. The molecule has 1 aliphatic rings. The van der Waals surface area contributed by atoms with Crippen LogP contribution in [0.3, 0.4) is 0 Å². The first-order chi connectivity index (χ1) is 13.9. The molecule has 1 amide bonds. The van der Waals surface area contributed by atoms with Crippen molar-refractivity contribution in [3.8, 4) is 0 Å². The molecule has 1 aliphatic heterocycles. The lowest BCUT2D eigenvalue weighted by Gasteiger charge is -2.33. The minimum atomic E-state index is -3.52. The number of piperazine rings is 1. The van der Waals surface area contributed by atoms with Crippen LogP contribution in [0.4, 0.5) is 5.69 Å². The Hall–Kier alpha value is -2.27. The predicted molar refractivity (Wildman–Crippen MR) is 114 cm³/mol. The van der Waals surface area contributed by atoms with Crippen LogP contribution in [-0.4, -0.2) is 66.5 Å². The molecule has 0 bridgehead atoms. The Bertz CT molecular complexity index is 1120. The van der Waals surface area contributed by atoms with Gasteiger partial charge >= 0.3 is 0 Å². The highest BCUT2D eigenvalue weighted by Gasteiger charge is 2.29. The fourth-order valence-electron chi connectivity index (χ4n) is 3.30. The second-order valence-electron chi connectivity index (χ2n) is 6.85. The summed E-state index contributed by atoms with van der Waals surface area (Å²) in [4.78, 5) is 14.6. The van der Waals surface area contributed by atoms with Gasteiger partial charge in [-0.25, -0.2) is 8.42 Å². The summed E-state index contributed by atoms with van der Waals surface area (Å²) >= 11 is 3.31. The number of rotatable bonds is 5. The zero-order chi connectivity index (χ0) is 20.4. The first-order valence-corrected chi connectivity index (χ1v) is 11.4. The van der Waals surface area contributed by atoms with Crippen molar-refractivity contribution in [1.82, 2.24) is 19.4 Å². The number of carbonyl (C=O) groups is 1. The first kappa shape index (κ1) is 20.0. The Labute approximate surface area is 177 Å². The van der Waals surface area contributed by atoms with E-state index in [1.54, 1.807) is 30.5 Å². The van der Waals surface area contributed by atoms with Gasteiger partial charge in [0.05, 0.1) is 23.2 Å². The minimum Gasteiger partial charge on any atom is -0.325 e. The molecule has 0 spiro atoms. The van der Waals surface area contributed by atoms with Crippen molar-refractivity contribution in [3.63, 3.8) is 0 Å². The summed E-state index contributed by atoms with van der Waals surface area (Å²) in [5, 5.41) is 10.7. The van der Waals surface area contributed by atoms with Crippen LogP contribution < -0.4 is 5.32 Å². The highest BCUT2D eigenvalue weighted by molar-refractivity contribution is 9.10. The van der Waals surface area contributed by atoms with Gasteiger partial charge < -0.3 is 5.32 Å². The Morgan fingerprint density at radius 1 is 1.10 bits per heavy atom. The minimum absolute atomic E-state index is 0.131. The van der Waals surface area contributed by atoms with E-state index in [9.17, 15) is 13.2 Å². The van der Waals surface area contributed by atoms with E-state index in [1.807, 2.05) is 23.1 Å². The SMILES string of the molecule is O=C(CN1CCN(S(=O)(=O)c2ccc(Br)cc2)CC1)Nc1ccc2cn[nH]c2c1. The molecule has 3 aromatic rings. The summed E-state index contributed by atoms with van der Waals surface area (Å²) in [6.07, 6.45) is 1.72. The number of aromatic nitrogens is 2. The lowest BCUT2D eigenvalue weighted by atomic mass is 10.2. The number of sulfonamides is 1. The summed E-state index contributed by atoms with van der Waals surface area (Å²) in [6.45, 7) is 1.93. The largest absolute Gasteiger partial charge is 0.325 e. The number of hydrogen-bond donors (Lipinski definition) is 2. The molecule has 2 aromatic carbocycles. The molecule has 29 heavy (non-hydrogen) atoms. The van der Waals surface area contributed by atoms with Crippen molar-refractivity contribution in [2.45, 2.75) is 4.90 Å². The molecule has 10 heteroatoms. The maximum Gasteiger partial charge on any atom is 0.243 e. The summed E-state index contributed by atoms with van der Waals surface area (Å²) in [5.74, 6) is -0.131. The molecule has 8 nitrogen and oxygen atoms in total. The van der Waals surface area contributed by atoms with Crippen LogP contribution >= 0.6 is 15.9 Å². The third-order valence-corrected chi connectivity index (χ3v) is 7.32. The number of benzene rings is 2. The smallest absolute Gasteiger partial charge is 0.243 e. The normalized spacial score (nSPS) is 16.2. The number of H-pyrrole nitrogens is 1. The molecule has 0 unspecified atom stereocenters. The number of nitrogens with zero attached hydrogens (tertiary/aromatic N) is 3. The van der Waals surface area contributed by atoms with Gasteiger partial charge in [0.25, 0.3) is 0 Å². The maximum absolute atomic E-state index is 12.8. The van der Waals surface area contributed by atoms with Gasteiger partial charge in [-0.3, -0.25) is 14.8 Å². The number of amides is 1. The molecule has 0 aliphatic carbocycles. The van der Waals surface area contributed by atoms with Crippen molar-refractivity contribution in [2.75, 3.05) is 38.0 Å². The fourth-order valence-corrected chi connectivity index (χ4v) is 4.99. The summed E-state index contributed by atoms with van der Waals surface area (Å²) in [5.41, 5.74) is 1.55. The van der Waals surface area contributed by atoms with Gasteiger partial charge in [0.1, 0.15) is 0 Å². The molecule has 1 fully saturated rings. The van der Waals surface area contributed by atoms with Gasteiger partial charge in [0, 0.05) is 41.7 Å². The molecule has 0 radical (unpaired) electrons. The van der Waals surface area contributed by atoms with Gasteiger partial charge in [-0.2, -0.15) is 9.40 Å². The number of hydrogen-bond acceptors (Lipinski definition) is 5. The second-order valence-corrected chi connectivity index (χ2v) is 9.71. The molecule has 0 atom stereocenters. The molecule has 0 saturated carbocycles. The zero-order valence-corrected chi connectivity index (χ0v) is 17.9. The van der Waals surface area contributed by atoms with Crippen molar-refractivity contribution < 1.29 is 13.2 Å². The molecule has 1 saturated heterocycles. The van der Waals surface area contributed by atoms with E-state index in [-0.39, 0.29) is 17.3 Å². The van der Waals surface area contributed by atoms with E-state index in [2.05, 4.69) is 31.4 Å². The van der Waals surface area contributed by atoms with Crippen molar-refractivity contribution >= 4 is 48.5 Å². The van der Waals surface area contributed by atoms with Crippen molar-refractivity contribution in [2.24, 2.45) is 0 Å². The summed E-state index contributed by atoms with van der Waals surface area (Å²) < 4.78 is 27.8. The van der Waals surface area contributed by atoms with Crippen LogP contribution in [0.25, 0.3) is 10.9 Å². The molecule has 152 valence electrons. The van der Waals surface area contributed by atoms with E-state index in [0.29, 0.717) is 31.9 Å². The van der Waals surface area contributed by atoms with Gasteiger partial charge in [-0.1, -0.05) is 15.9 Å². The average molecular weight is 478 g/mol. The number of aromatic amines is 1. The highest BCUT2D eigenvalue weighted by Crippen LogP contribution is 2.20. The standard InChI is InChI=1S/C19H20BrN5O3S/c20-15-2-5-17(6-3-15)29(27,28)25-9-7-24(8-10-25)13-19(26)22-16-4-1-14-12-21-23-18(14)11-16/h1-6,11-12H,7-10,13H2,(H,21,23)(H,22,26). The number of fused-ring (bicyclic) bond motifs is 1. The molecule has 4 rings (SSSR count). The second kappa shape index (κ2) is 8.23. The van der Waals surface area contributed by atoms with Crippen LogP contribution in [0.1, 0.15) is 0 Å². The monoisotopic (exact) mass is 477 g/mol. The van der Waals surface area contributed by atoms with E-state index in [0.717, 1.165) is 15.4 Å². The van der Waals surface area contributed by atoms with Crippen LogP contribution in [0.5, 0.6) is 0 Å². The molecule has 2 N–H and O–H groups in total. The molecular formula is C19H20BrN5O3S. The molecule has 2 heterocycles. The number of anilines is 1. The van der Waals surface area contributed by atoms with E-state index in [1.165, 1.54) is 4.31 Å². The third kappa shape index (κ3) is 4.50. The van der Waals surface area contributed by atoms with Gasteiger partial charge in [0.15, 0.2) is 0 Å². The fraction of sp³-hybridized carbons (Fsp3) is 0.263. The van der Waals surface area contributed by atoms with Crippen LogP contribution in [0, 0.1) is 0 Å². The topological polar surface area (TPSA) is 98.4 Å². The Balaban J connectivity index is 1.32. The quantitative estimate of drug-likeness (QED) is 0.587. The lowest BCUT2D eigenvalue weighted by molar-refractivity contribution is -0.117. The molecule has 1 aromatic heterocycles. The average Bonchev–Trinajstić information content (AvgIpc) is 3.16. The first-order valence-electron chi connectivity index (χ1n) is 9.13. The van der Waals surface area contributed by atoms with Crippen LogP contribution in [-0.2, 0) is 14.8 Å². The van der Waals surface area contributed by atoms with Crippen molar-refractivity contribution in [1.29, 1.82) is 0 Å². The number of nitrogens with one attached hydrogen (secondary N) is 2. The van der Waals surface area contributed by atoms with Gasteiger partial charge in [-0.15, -0.1) is 0 Å². The predicted octanol–water partition coefficient (Wildman–Crippen LogP) is 2.27. The molecular weight excluding hydrogens is 458 g/mol. The van der Waals surface area contributed by atoms with Crippen LogP contribution in [0.15, 0.2) is 58.0 Å². The number of halogens is 1. The van der Waals surface area contributed by atoms with Crippen molar-refractivity contribution in [3.05, 3.63) is 53.1 Å². The highest BCUT2D eigenvalue weighted by atomic mass is 79.9. The third-order valence-electron chi connectivity index (χ3n) is 4.88. The van der Waals surface area contributed by atoms with Gasteiger partial charge in [-0.05, 0) is 42.5 Å². The zero-order valence-electron chi connectivity index (χ0n) is 15.5. The van der Waals surface area contributed by atoms with E-state index in [4.69, 9.17) is 0 Å². The summed E-state index contributed by atoms with van der Waals surface area (Å²) in [7, 11) is -3.52. The van der Waals surface area contributed by atoms with E-state index >= 15 is 0 Å². The summed E-state index contributed by atoms with van der Waals surface area (Å²) in [6, 6.07) is 12.2. The Kier molecular flexibility index (Phi) is 5.68. The van der Waals surface area contributed by atoms with Crippen LogP contribution in [0.2, 0.25) is 0 Å². The van der Waals surface area contributed by atoms with E-state index < -0.39 is 10.0 Å².